The van der Waals surface area contributed by atoms with Gasteiger partial charge in [-0.3, -0.25) is 0 Å². The second-order valence-electron chi connectivity index (χ2n) is 2.83. The predicted octanol–water partition coefficient (Wildman–Crippen LogP) is 2.20. The van der Waals surface area contributed by atoms with Gasteiger partial charge in [-0.15, -0.1) is 0 Å². The van der Waals surface area contributed by atoms with Crippen LogP contribution in [0.4, 0.5) is 0 Å². The Bertz CT molecular complexity index is 479. The first-order valence-corrected chi connectivity index (χ1v) is 4.03. The van der Waals surface area contributed by atoms with Crippen molar-refractivity contribution in [1.82, 2.24) is 4.98 Å². The summed E-state index contributed by atoms with van der Waals surface area (Å²) < 4.78 is 5.33. The average Bonchev–Trinajstić information content (AvgIpc) is 2.47. The van der Waals surface area contributed by atoms with Gasteiger partial charge in [0.1, 0.15) is 5.52 Å². The van der Waals surface area contributed by atoms with Crippen LogP contribution in [0.15, 0.2) is 22.6 Å². The molecule has 3 heteroatoms. The molecule has 0 unspecified atom stereocenters. The summed E-state index contributed by atoms with van der Waals surface area (Å²) in [5, 5.41) is 8.58. The molecule has 64 valence electrons. The molecule has 13 heavy (non-hydrogen) atoms. The molecule has 0 saturated heterocycles. The number of fused-ring (bicyclic) bond motifs is 1. The Labute approximate surface area is 75.6 Å². The lowest BCUT2D eigenvalue weighted by atomic mass is 10.1. The van der Waals surface area contributed by atoms with E-state index in [-0.39, 0.29) is 0 Å². The molecular weight excluding hydrogens is 164 g/mol. The fourth-order valence-electron chi connectivity index (χ4n) is 1.34. The van der Waals surface area contributed by atoms with Crippen molar-refractivity contribution in [3.05, 3.63) is 29.7 Å². The maximum absolute atomic E-state index is 8.58. The zero-order valence-corrected chi connectivity index (χ0v) is 7.24. The van der Waals surface area contributed by atoms with Crippen LogP contribution in [-0.2, 0) is 6.42 Å². The molecule has 0 bridgehead atoms. The van der Waals surface area contributed by atoms with Crippen LogP contribution in [0.25, 0.3) is 11.1 Å². The monoisotopic (exact) mass is 172 g/mol. The van der Waals surface area contributed by atoms with E-state index in [0.29, 0.717) is 12.3 Å². The Morgan fingerprint density at radius 1 is 1.54 bits per heavy atom. The molecule has 3 nitrogen and oxygen atoms in total. The predicted molar refractivity (Wildman–Crippen MR) is 48.1 cm³/mol. The van der Waals surface area contributed by atoms with Crippen molar-refractivity contribution < 1.29 is 4.42 Å². The number of hydrogen-bond acceptors (Lipinski definition) is 3. The standard InChI is InChI=1S/C10H8N2O/c1-7-12-10-8(5-6-11)3-2-4-9(10)13-7/h2-4H,5H2,1H3. The summed E-state index contributed by atoms with van der Waals surface area (Å²) >= 11 is 0. The number of para-hydroxylation sites is 1. The van der Waals surface area contributed by atoms with Gasteiger partial charge < -0.3 is 4.42 Å². The lowest BCUT2D eigenvalue weighted by Gasteiger charge is -1.92. The van der Waals surface area contributed by atoms with Crippen molar-refractivity contribution >= 4 is 11.1 Å². The summed E-state index contributed by atoms with van der Waals surface area (Å²) in [5.74, 6) is 0.639. The van der Waals surface area contributed by atoms with Crippen LogP contribution in [0.1, 0.15) is 11.5 Å². The minimum atomic E-state index is 0.378. The van der Waals surface area contributed by atoms with E-state index < -0.39 is 0 Å². The highest BCUT2D eigenvalue weighted by Crippen LogP contribution is 2.19. The Morgan fingerprint density at radius 3 is 3.15 bits per heavy atom. The molecule has 0 aliphatic rings. The van der Waals surface area contributed by atoms with Crippen LogP contribution >= 0.6 is 0 Å². The van der Waals surface area contributed by atoms with Crippen LogP contribution in [0.2, 0.25) is 0 Å². The van der Waals surface area contributed by atoms with Crippen LogP contribution in [-0.4, -0.2) is 4.98 Å². The molecule has 0 atom stereocenters. The smallest absolute Gasteiger partial charge is 0.192 e. The number of aryl methyl sites for hydroxylation is 1. The van der Waals surface area contributed by atoms with E-state index in [1.165, 1.54) is 0 Å². The highest BCUT2D eigenvalue weighted by atomic mass is 16.3. The van der Waals surface area contributed by atoms with E-state index in [1.807, 2.05) is 18.2 Å². The molecule has 0 N–H and O–H groups in total. The van der Waals surface area contributed by atoms with Gasteiger partial charge in [-0.05, 0) is 11.6 Å². The Kier molecular flexibility index (Phi) is 1.75. The average molecular weight is 172 g/mol. The van der Waals surface area contributed by atoms with Crippen molar-refractivity contribution in [1.29, 1.82) is 5.26 Å². The molecule has 0 fully saturated rings. The van der Waals surface area contributed by atoms with Gasteiger partial charge >= 0.3 is 0 Å². The number of hydrogen-bond donors (Lipinski definition) is 0. The summed E-state index contributed by atoms with van der Waals surface area (Å²) in [4.78, 5) is 4.21. The molecule has 0 saturated carbocycles. The van der Waals surface area contributed by atoms with Crippen LogP contribution < -0.4 is 0 Å². The molecule has 0 spiro atoms. The Morgan fingerprint density at radius 2 is 2.38 bits per heavy atom. The molecule has 2 rings (SSSR count). The van der Waals surface area contributed by atoms with Crippen LogP contribution in [0.5, 0.6) is 0 Å². The zero-order chi connectivity index (χ0) is 9.26. The third-order valence-corrected chi connectivity index (χ3v) is 1.88. The zero-order valence-electron chi connectivity index (χ0n) is 7.24. The summed E-state index contributed by atoms with van der Waals surface area (Å²) in [7, 11) is 0. The van der Waals surface area contributed by atoms with Gasteiger partial charge in [0.2, 0.25) is 0 Å². The van der Waals surface area contributed by atoms with Crippen molar-refractivity contribution in [2.24, 2.45) is 0 Å². The molecule has 1 aromatic carbocycles. The number of nitrogens with zero attached hydrogens (tertiary/aromatic N) is 2. The molecule has 2 aromatic rings. The van der Waals surface area contributed by atoms with E-state index in [4.69, 9.17) is 9.68 Å². The maximum Gasteiger partial charge on any atom is 0.192 e. The van der Waals surface area contributed by atoms with Crippen molar-refractivity contribution in [3.63, 3.8) is 0 Å². The highest BCUT2D eigenvalue weighted by molar-refractivity contribution is 5.76. The number of benzene rings is 1. The minimum Gasteiger partial charge on any atom is -0.441 e. The topological polar surface area (TPSA) is 49.8 Å². The second kappa shape index (κ2) is 2.91. The second-order valence-corrected chi connectivity index (χ2v) is 2.83. The largest absolute Gasteiger partial charge is 0.441 e. The Hall–Kier alpha value is -1.82. The van der Waals surface area contributed by atoms with E-state index >= 15 is 0 Å². The van der Waals surface area contributed by atoms with Gasteiger partial charge in [0.05, 0.1) is 12.5 Å². The summed E-state index contributed by atoms with van der Waals surface area (Å²) in [6.45, 7) is 1.80. The summed E-state index contributed by atoms with van der Waals surface area (Å²) in [6.07, 6.45) is 0.378. The van der Waals surface area contributed by atoms with Crippen molar-refractivity contribution in [3.8, 4) is 6.07 Å². The first-order valence-electron chi connectivity index (χ1n) is 4.03. The molecule has 1 heterocycles. The van der Waals surface area contributed by atoms with Gasteiger partial charge in [0.15, 0.2) is 11.5 Å². The number of oxazole rings is 1. The quantitative estimate of drug-likeness (QED) is 0.662. The molecular formula is C10H8N2O. The van der Waals surface area contributed by atoms with Crippen LogP contribution in [0, 0.1) is 18.3 Å². The van der Waals surface area contributed by atoms with E-state index in [0.717, 1.165) is 16.7 Å². The highest BCUT2D eigenvalue weighted by Gasteiger charge is 2.05. The third-order valence-electron chi connectivity index (χ3n) is 1.88. The fourth-order valence-corrected chi connectivity index (χ4v) is 1.34. The van der Waals surface area contributed by atoms with Gasteiger partial charge in [-0.25, -0.2) is 4.98 Å². The van der Waals surface area contributed by atoms with E-state index in [2.05, 4.69) is 11.1 Å². The van der Waals surface area contributed by atoms with Crippen molar-refractivity contribution in [2.45, 2.75) is 13.3 Å². The molecule has 0 radical (unpaired) electrons. The molecule has 0 aliphatic carbocycles. The minimum absolute atomic E-state index is 0.378. The SMILES string of the molecule is Cc1nc2c(CC#N)cccc2o1. The molecule has 0 aliphatic heterocycles. The lowest BCUT2D eigenvalue weighted by Crippen LogP contribution is -1.83. The van der Waals surface area contributed by atoms with Gasteiger partial charge in [-0.1, -0.05) is 12.1 Å². The first-order chi connectivity index (χ1) is 6.31. The number of rotatable bonds is 1. The third kappa shape index (κ3) is 1.27. The van der Waals surface area contributed by atoms with Gasteiger partial charge in [0.25, 0.3) is 0 Å². The summed E-state index contributed by atoms with van der Waals surface area (Å²) in [6, 6.07) is 7.73. The molecule has 0 amide bonds. The fraction of sp³-hybridized carbons (Fsp3) is 0.200. The number of nitriles is 1. The maximum atomic E-state index is 8.58. The van der Waals surface area contributed by atoms with Gasteiger partial charge in [0, 0.05) is 6.92 Å². The van der Waals surface area contributed by atoms with E-state index in [9.17, 15) is 0 Å². The van der Waals surface area contributed by atoms with E-state index in [1.54, 1.807) is 6.92 Å². The normalized spacial score (nSPS) is 10.2. The van der Waals surface area contributed by atoms with Crippen LogP contribution in [0.3, 0.4) is 0 Å². The number of aromatic nitrogens is 1. The molecule has 1 aromatic heterocycles. The Balaban J connectivity index is 2.69. The summed E-state index contributed by atoms with van der Waals surface area (Å²) in [5.41, 5.74) is 2.49. The lowest BCUT2D eigenvalue weighted by molar-refractivity contribution is 0.561. The van der Waals surface area contributed by atoms with Gasteiger partial charge in [-0.2, -0.15) is 5.26 Å². The van der Waals surface area contributed by atoms with Crippen molar-refractivity contribution in [2.75, 3.05) is 0 Å². The first kappa shape index (κ1) is 7.81.